The summed E-state index contributed by atoms with van der Waals surface area (Å²) in [5.41, 5.74) is -0.0529. The average molecular weight is 189 g/mol. The van der Waals surface area contributed by atoms with Crippen LogP contribution in [0.4, 0.5) is 5.69 Å². The lowest BCUT2D eigenvalue weighted by Crippen LogP contribution is -2.29. The van der Waals surface area contributed by atoms with E-state index in [1.807, 2.05) is 0 Å². The Bertz CT molecular complexity index is 340. The van der Waals surface area contributed by atoms with E-state index in [-0.39, 0.29) is 10.7 Å². The Morgan fingerprint density at radius 2 is 2.25 bits per heavy atom. The number of aryl methyl sites for hydroxylation is 1. The van der Waals surface area contributed by atoms with Crippen LogP contribution in [-0.4, -0.2) is 4.92 Å². The summed E-state index contributed by atoms with van der Waals surface area (Å²) in [5, 5.41) is 21.1. The van der Waals surface area contributed by atoms with Crippen LogP contribution in [0.15, 0.2) is 12.3 Å². The molecule has 1 aromatic heterocycles. The number of halogens is 1. The monoisotopic (exact) mass is 188 g/mol. The molecule has 1 aromatic rings. The zero-order valence-corrected chi connectivity index (χ0v) is 6.91. The maximum Gasteiger partial charge on any atom is 0.352 e. The highest BCUT2D eigenvalue weighted by Crippen LogP contribution is 2.21. The smallest absolute Gasteiger partial charge is 0.352 e. The number of hydrogen-bond donors (Lipinski definition) is 0. The van der Waals surface area contributed by atoms with Crippen molar-refractivity contribution in [1.82, 2.24) is 0 Å². The molecule has 0 aromatic carbocycles. The van der Waals surface area contributed by atoms with Gasteiger partial charge < -0.3 is 5.21 Å². The Hall–Kier alpha value is -1.36. The Morgan fingerprint density at radius 1 is 1.67 bits per heavy atom. The molecule has 0 aliphatic heterocycles. The molecule has 1 rings (SSSR count). The van der Waals surface area contributed by atoms with E-state index in [4.69, 9.17) is 11.6 Å². The van der Waals surface area contributed by atoms with Gasteiger partial charge >= 0.3 is 5.69 Å². The summed E-state index contributed by atoms with van der Waals surface area (Å²) in [6.45, 7) is 1.52. The van der Waals surface area contributed by atoms with Crippen molar-refractivity contribution >= 4 is 17.3 Å². The van der Waals surface area contributed by atoms with E-state index in [1.165, 1.54) is 13.0 Å². The second kappa shape index (κ2) is 2.94. The van der Waals surface area contributed by atoms with Crippen LogP contribution in [0.5, 0.6) is 0 Å². The van der Waals surface area contributed by atoms with Crippen molar-refractivity contribution in [2.75, 3.05) is 0 Å². The highest BCUT2D eigenvalue weighted by molar-refractivity contribution is 6.32. The zero-order chi connectivity index (χ0) is 9.30. The molecule has 0 aliphatic carbocycles. The highest BCUT2D eigenvalue weighted by Gasteiger charge is 2.17. The minimum absolute atomic E-state index is 0.0235. The first-order valence-electron chi connectivity index (χ1n) is 3.06. The van der Waals surface area contributed by atoms with Crippen LogP contribution in [0.25, 0.3) is 0 Å². The van der Waals surface area contributed by atoms with Crippen molar-refractivity contribution < 1.29 is 9.65 Å². The van der Waals surface area contributed by atoms with E-state index >= 15 is 0 Å². The first-order chi connectivity index (χ1) is 5.52. The summed E-state index contributed by atoms with van der Waals surface area (Å²) in [7, 11) is 0. The van der Waals surface area contributed by atoms with Crippen LogP contribution in [0.2, 0.25) is 5.02 Å². The van der Waals surface area contributed by atoms with Gasteiger partial charge in [-0.2, -0.15) is 4.73 Å². The van der Waals surface area contributed by atoms with Crippen LogP contribution in [-0.2, 0) is 0 Å². The molecule has 0 N–H and O–H groups in total. The molecule has 0 saturated heterocycles. The van der Waals surface area contributed by atoms with Crippen LogP contribution >= 0.6 is 11.6 Å². The molecular formula is C6H5ClN2O3. The van der Waals surface area contributed by atoms with Gasteiger partial charge in [0, 0.05) is 13.0 Å². The molecule has 0 fully saturated rings. The molecule has 1 heterocycles. The van der Waals surface area contributed by atoms with E-state index in [9.17, 15) is 15.3 Å². The maximum absolute atomic E-state index is 10.9. The molecule has 64 valence electrons. The topological polar surface area (TPSA) is 70.1 Å². The molecule has 0 spiro atoms. The van der Waals surface area contributed by atoms with E-state index in [1.54, 1.807) is 0 Å². The predicted octanol–water partition coefficient (Wildman–Crippen LogP) is 1.19. The first-order valence-corrected chi connectivity index (χ1v) is 3.44. The fourth-order valence-electron chi connectivity index (χ4n) is 0.730. The van der Waals surface area contributed by atoms with Gasteiger partial charge in [-0.3, -0.25) is 10.1 Å². The lowest BCUT2D eigenvalue weighted by Gasteiger charge is -1.99. The number of nitro groups is 1. The molecule has 0 radical (unpaired) electrons. The number of pyridine rings is 1. The molecule has 5 nitrogen and oxygen atoms in total. The normalized spacial score (nSPS) is 9.83. The van der Waals surface area contributed by atoms with Gasteiger partial charge in [0.15, 0.2) is 5.69 Å². The second-order valence-electron chi connectivity index (χ2n) is 2.23. The van der Waals surface area contributed by atoms with E-state index in [2.05, 4.69) is 0 Å². The molecule has 0 atom stereocenters. The summed E-state index contributed by atoms with van der Waals surface area (Å²) in [6.07, 6.45) is 0.845. The van der Waals surface area contributed by atoms with Gasteiger partial charge in [-0.25, -0.2) is 0 Å². The third kappa shape index (κ3) is 1.45. The third-order valence-corrected chi connectivity index (χ3v) is 1.67. The van der Waals surface area contributed by atoms with Crippen LogP contribution in [0.3, 0.4) is 0 Å². The average Bonchev–Trinajstić information content (AvgIpc) is 1.96. The van der Waals surface area contributed by atoms with E-state index in [0.717, 1.165) is 6.20 Å². The standard InChI is InChI=1S/C6H5ClN2O3/c1-4-2-5(7)6(9(11)12)3-8(4)10/h2-3H,1H3. The fourth-order valence-corrected chi connectivity index (χ4v) is 1.01. The van der Waals surface area contributed by atoms with Crippen LogP contribution < -0.4 is 4.73 Å². The molecule has 0 aliphatic rings. The molecule has 12 heavy (non-hydrogen) atoms. The Kier molecular flexibility index (Phi) is 2.14. The predicted molar refractivity (Wildman–Crippen MR) is 41.8 cm³/mol. The Labute approximate surface area is 72.9 Å². The van der Waals surface area contributed by atoms with Crippen molar-refractivity contribution in [3.8, 4) is 0 Å². The lowest BCUT2D eigenvalue weighted by atomic mass is 10.3. The summed E-state index contributed by atoms with van der Waals surface area (Å²) < 4.78 is 0.407. The van der Waals surface area contributed by atoms with Crippen molar-refractivity contribution in [3.63, 3.8) is 0 Å². The summed E-state index contributed by atoms with van der Waals surface area (Å²) in [6, 6.07) is 1.26. The van der Waals surface area contributed by atoms with Gasteiger partial charge in [0.25, 0.3) is 6.20 Å². The Morgan fingerprint density at radius 3 is 2.75 bits per heavy atom. The first kappa shape index (κ1) is 8.73. The van der Waals surface area contributed by atoms with Crippen molar-refractivity contribution in [3.05, 3.63) is 38.3 Å². The number of aromatic nitrogens is 1. The van der Waals surface area contributed by atoms with E-state index < -0.39 is 4.92 Å². The summed E-state index contributed by atoms with van der Waals surface area (Å²) in [4.78, 5) is 9.56. The molecule has 0 bridgehead atoms. The minimum atomic E-state index is -0.698. The molecule has 0 saturated carbocycles. The minimum Gasteiger partial charge on any atom is -0.618 e. The number of rotatable bonds is 1. The SMILES string of the molecule is Cc1cc(Cl)c([N+](=O)[O-])c[n+]1[O-]. The lowest BCUT2D eigenvalue weighted by molar-refractivity contribution is -0.616. The van der Waals surface area contributed by atoms with Crippen molar-refractivity contribution in [2.45, 2.75) is 6.92 Å². The maximum atomic E-state index is 10.9. The molecule has 0 amide bonds. The largest absolute Gasteiger partial charge is 0.618 e. The van der Waals surface area contributed by atoms with Gasteiger partial charge in [-0.15, -0.1) is 0 Å². The van der Waals surface area contributed by atoms with E-state index in [0.29, 0.717) is 10.4 Å². The van der Waals surface area contributed by atoms with Gasteiger partial charge in [-0.1, -0.05) is 11.6 Å². The fraction of sp³-hybridized carbons (Fsp3) is 0.167. The van der Waals surface area contributed by atoms with Crippen molar-refractivity contribution in [2.24, 2.45) is 0 Å². The Balaban J connectivity index is 3.33. The molecular weight excluding hydrogens is 184 g/mol. The zero-order valence-electron chi connectivity index (χ0n) is 6.15. The highest BCUT2D eigenvalue weighted by atomic mass is 35.5. The van der Waals surface area contributed by atoms with Gasteiger partial charge in [0.2, 0.25) is 0 Å². The second-order valence-corrected chi connectivity index (χ2v) is 2.64. The third-order valence-electron chi connectivity index (χ3n) is 1.36. The number of hydrogen-bond acceptors (Lipinski definition) is 3. The van der Waals surface area contributed by atoms with Gasteiger partial charge in [-0.05, 0) is 0 Å². The van der Waals surface area contributed by atoms with Gasteiger partial charge in [0.1, 0.15) is 5.02 Å². The van der Waals surface area contributed by atoms with Crippen molar-refractivity contribution in [1.29, 1.82) is 0 Å². The van der Waals surface area contributed by atoms with Gasteiger partial charge in [0.05, 0.1) is 4.92 Å². The van der Waals surface area contributed by atoms with Crippen LogP contribution in [0.1, 0.15) is 5.69 Å². The quantitative estimate of drug-likeness (QED) is 0.288. The number of nitrogens with zero attached hydrogens (tertiary/aromatic N) is 2. The molecule has 0 unspecified atom stereocenters. The molecule has 6 heteroatoms. The van der Waals surface area contributed by atoms with Crippen LogP contribution in [0, 0.1) is 22.2 Å². The summed E-state index contributed by atoms with van der Waals surface area (Å²) in [5.74, 6) is 0. The summed E-state index contributed by atoms with van der Waals surface area (Å²) >= 11 is 5.50.